The number of fused-ring (bicyclic) bond motifs is 6. The summed E-state index contributed by atoms with van der Waals surface area (Å²) in [5.74, 6) is 2.08. The topological polar surface area (TPSA) is 21.7 Å². The fourth-order valence-corrected chi connectivity index (χ4v) is 7.93. The lowest BCUT2D eigenvalue weighted by Crippen LogP contribution is -2.31. The Morgan fingerprint density at radius 2 is 1.46 bits per heavy atom. The minimum absolute atomic E-state index is 0.0352. The van der Waals surface area contributed by atoms with Crippen molar-refractivity contribution in [2.75, 3.05) is 0 Å². The number of imidazole rings is 1. The van der Waals surface area contributed by atoms with Crippen molar-refractivity contribution in [1.29, 1.82) is 0 Å². The summed E-state index contributed by atoms with van der Waals surface area (Å²) in [4.78, 5) is 5.20. The van der Waals surface area contributed by atoms with E-state index in [0.717, 1.165) is 5.69 Å². The summed E-state index contributed by atoms with van der Waals surface area (Å²) in [7, 11) is 2.25. The van der Waals surface area contributed by atoms with Gasteiger partial charge in [0.15, 0.2) is 11.0 Å². The molecule has 0 atom stereocenters. The zero-order valence-corrected chi connectivity index (χ0v) is 25.7. The monoisotopic (exact) mass is 540 g/mol. The Morgan fingerprint density at radius 3 is 2.15 bits per heavy atom. The number of benzene rings is 3. The molecule has 2 aliphatic rings. The molecular formula is C38H42N3+. The van der Waals surface area contributed by atoms with Crippen LogP contribution >= 0.6 is 0 Å². The number of para-hydroxylation sites is 3. The van der Waals surface area contributed by atoms with E-state index >= 15 is 0 Å². The molecule has 0 bridgehead atoms. The molecule has 0 unspecified atom stereocenters. The SMILES string of the molecule is Cc1ccc2c(n1)C1(CCCC1)c1cc(-c3n(-c4c(C(C)C)cccc4C(C)C)c4ccccc4[n+]3C)c(C)cc1-2. The molecule has 3 nitrogen and oxygen atoms in total. The van der Waals surface area contributed by atoms with Crippen LogP contribution in [0.3, 0.4) is 0 Å². The summed E-state index contributed by atoms with van der Waals surface area (Å²) in [6.45, 7) is 13.7. The second-order valence-corrected chi connectivity index (χ2v) is 13.2. The minimum Gasteiger partial charge on any atom is -0.257 e. The lowest BCUT2D eigenvalue weighted by atomic mass is 9.78. The van der Waals surface area contributed by atoms with E-state index in [1.54, 1.807) is 0 Å². The van der Waals surface area contributed by atoms with Gasteiger partial charge in [-0.05, 0) is 79.5 Å². The standard InChI is InChI=1S/C38H42N3/c1-23(2)27-13-12-14-28(24(3)4)35(27)41-34-16-9-8-15-33(34)40(7)37(41)30-22-32-31(21-25(30)5)29-18-17-26(6)39-36(29)38(32)19-10-11-20-38/h8-9,12-18,21-24H,10-11,19-20H2,1-7H3/q+1. The zero-order chi connectivity index (χ0) is 28.6. The molecule has 3 heteroatoms. The van der Waals surface area contributed by atoms with Crippen LogP contribution in [-0.2, 0) is 12.5 Å². The first-order valence-corrected chi connectivity index (χ1v) is 15.5. The number of pyridine rings is 1. The number of aromatic nitrogens is 3. The van der Waals surface area contributed by atoms with Crippen LogP contribution < -0.4 is 4.57 Å². The first kappa shape index (κ1) is 26.2. The molecule has 5 aromatic rings. The van der Waals surface area contributed by atoms with E-state index in [1.807, 2.05) is 0 Å². The molecule has 2 heterocycles. The molecule has 3 aromatic carbocycles. The molecule has 0 radical (unpaired) electrons. The molecule has 1 fully saturated rings. The molecule has 1 saturated carbocycles. The number of aryl methyl sites for hydroxylation is 3. The van der Waals surface area contributed by atoms with Gasteiger partial charge in [-0.15, -0.1) is 0 Å². The molecule has 208 valence electrons. The summed E-state index contributed by atoms with van der Waals surface area (Å²) in [6.07, 6.45) is 4.92. The average molecular weight is 541 g/mol. The van der Waals surface area contributed by atoms with Gasteiger partial charge in [0, 0.05) is 27.8 Å². The van der Waals surface area contributed by atoms with E-state index < -0.39 is 0 Å². The molecule has 7 rings (SSSR count). The molecule has 0 amide bonds. The first-order valence-electron chi connectivity index (χ1n) is 15.5. The van der Waals surface area contributed by atoms with Gasteiger partial charge in [-0.2, -0.15) is 4.57 Å². The summed E-state index contributed by atoms with van der Waals surface area (Å²) < 4.78 is 5.01. The molecule has 0 saturated heterocycles. The summed E-state index contributed by atoms with van der Waals surface area (Å²) in [5.41, 5.74) is 16.0. The van der Waals surface area contributed by atoms with Crippen molar-refractivity contribution in [1.82, 2.24) is 9.55 Å². The van der Waals surface area contributed by atoms with Crippen LogP contribution in [0.1, 0.15) is 98.9 Å². The summed E-state index contributed by atoms with van der Waals surface area (Å²) in [6, 6.07) is 25.4. The Balaban J connectivity index is 1.58. The Hall–Kier alpha value is -3.72. The van der Waals surface area contributed by atoms with E-state index in [9.17, 15) is 0 Å². The van der Waals surface area contributed by atoms with Gasteiger partial charge in [0.2, 0.25) is 0 Å². The lowest BCUT2D eigenvalue weighted by molar-refractivity contribution is -0.633. The van der Waals surface area contributed by atoms with Gasteiger partial charge < -0.3 is 0 Å². The van der Waals surface area contributed by atoms with Gasteiger partial charge in [0.25, 0.3) is 5.82 Å². The van der Waals surface area contributed by atoms with Gasteiger partial charge in [0.05, 0.1) is 18.3 Å². The summed E-state index contributed by atoms with van der Waals surface area (Å²) >= 11 is 0. The van der Waals surface area contributed by atoms with Gasteiger partial charge >= 0.3 is 0 Å². The molecule has 1 spiro atoms. The smallest absolute Gasteiger partial charge is 0.257 e. The Kier molecular flexibility index (Phi) is 6.01. The molecule has 0 aliphatic heterocycles. The van der Waals surface area contributed by atoms with Crippen LogP contribution in [0.25, 0.3) is 39.2 Å². The average Bonchev–Trinajstić information content (AvgIpc) is 3.63. The quantitative estimate of drug-likeness (QED) is 0.208. The normalized spacial score (nSPS) is 15.4. The third kappa shape index (κ3) is 3.70. The maximum absolute atomic E-state index is 5.20. The van der Waals surface area contributed by atoms with E-state index in [1.165, 1.54) is 92.9 Å². The highest BCUT2D eigenvalue weighted by Crippen LogP contribution is 2.57. The second-order valence-electron chi connectivity index (χ2n) is 13.2. The second kappa shape index (κ2) is 9.41. The molecule has 0 N–H and O–H groups in total. The number of hydrogen-bond donors (Lipinski definition) is 0. The van der Waals surface area contributed by atoms with E-state index in [4.69, 9.17) is 4.98 Å². The highest BCUT2D eigenvalue weighted by atomic mass is 15.2. The van der Waals surface area contributed by atoms with Crippen molar-refractivity contribution in [3.8, 4) is 28.2 Å². The van der Waals surface area contributed by atoms with Crippen LogP contribution in [0.2, 0.25) is 0 Å². The van der Waals surface area contributed by atoms with E-state index in [-0.39, 0.29) is 5.41 Å². The van der Waals surface area contributed by atoms with Crippen molar-refractivity contribution in [3.63, 3.8) is 0 Å². The van der Waals surface area contributed by atoms with Crippen LogP contribution in [0.5, 0.6) is 0 Å². The molecule has 2 aromatic heterocycles. The highest BCUT2D eigenvalue weighted by Gasteiger charge is 2.47. The summed E-state index contributed by atoms with van der Waals surface area (Å²) in [5, 5.41) is 0. The Labute approximate surface area is 244 Å². The van der Waals surface area contributed by atoms with E-state index in [0.29, 0.717) is 11.8 Å². The number of rotatable bonds is 4. The van der Waals surface area contributed by atoms with Crippen LogP contribution in [0.4, 0.5) is 0 Å². The van der Waals surface area contributed by atoms with Crippen molar-refractivity contribution >= 4 is 11.0 Å². The lowest BCUT2D eigenvalue weighted by Gasteiger charge is -2.26. The first-order chi connectivity index (χ1) is 19.7. The largest absolute Gasteiger partial charge is 0.295 e. The number of hydrogen-bond acceptors (Lipinski definition) is 1. The van der Waals surface area contributed by atoms with Crippen LogP contribution in [0, 0.1) is 13.8 Å². The molecule has 2 aliphatic carbocycles. The third-order valence-corrected chi connectivity index (χ3v) is 9.94. The van der Waals surface area contributed by atoms with Crippen LogP contribution in [-0.4, -0.2) is 9.55 Å². The highest BCUT2D eigenvalue weighted by molar-refractivity contribution is 5.86. The van der Waals surface area contributed by atoms with Crippen molar-refractivity contribution in [2.24, 2.45) is 7.05 Å². The third-order valence-electron chi connectivity index (χ3n) is 9.94. The molecule has 41 heavy (non-hydrogen) atoms. The van der Waals surface area contributed by atoms with Gasteiger partial charge in [0.1, 0.15) is 5.69 Å². The Bertz CT molecular complexity index is 1800. The predicted molar refractivity (Wildman–Crippen MR) is 170 cm³/mol. The zero-order valence-electron chi connectivity index (χ0n) is 25.7. The van der Waals surface area contributed by atoms with Crippen molar-refractivity contribution < 1.29 is 4.57 Å². The maximum atomic E-state index is 5.20. The van der Waals surface area contributed by atoms with Crippen molar-refractivity contribution in [2.45, 2.75) is 84.5 Å². The van der Waals surface area contributed by atoms with Gasteiger partial charge in [-0.3, -0.25) is 4.98 Å². The maximum Gasteiger partial charge on any atom is 0.295 e. The van der Waals surface area contributed by atoms with Gasteiger partial charge in [-0.25, -0.2) is 4.57 Å². The van der Waals surface area contributed by atoms with E-state index in [2.05, 4.69) is 124 Å². The molecular weight excluding hydrogens is 498 g/mol. The predicted octanol–water partition coefficient (Wildman–Crippen LogP) is 9.22. The fraction of sp³-hybridized carbons (Fsp3) is 0.368. The minimum atomic E-state index is 0.0352. The van der Waals surface area contributed by atoms with Gasteiger partial charge in [-0.1, -0.05) is 83.0 Å². The number of nitrogens with zero attached hydrogens (tertiary/aromatic N) is 3. The fourth-order valence-electron chi connectivity index (χ4n) is 7.93. The Morgan fingerprint density at radius 1 is 0.780 bits per heavy atom. The van der Waals surface area contributed by atoms with Crippen LogP contribution in [0.15, 0.2) is 66.7 Å². The van der Waals surface area contributed by atoms with Crippen molar-refractivity contribution in [3.05, 3.63) is 100 Å².